The molecule has 0 saturated carbocycles. The normalized spacial score (nSPS) is 13.1. The van der Waals surface area contributed by atoms with Crippen LogP contribution in [0.1, 0.15) is 24.1 Å². The van der Waals surface area contributed by atoms with Gasteiger partial charge in [0.25, 0.3) is 0 Å². The van der Waals surface area contributed by atoms with Crippen molar-refractivity contribution >= 4 is 5.91 Å². The summed E-state index contributed by atoms with van der Waals surface area (Å²) in [5.74, 6) is 0.809. The first-order valence-electron chi connectivity index (χ1n) is 9.26. The van der Waals surface area contributed by atoms with Gasteiger partial charge in [0.05, 0.1) is 20.3 Å². The third kappa shape index (κ3) is 5.70. The highest BCUT2D eigenvalue weighted by molar-refractivity contribution is 5.78. The first-order valence-corrected chi connectivity index (χ1v) is 9.26. The zero-order chi connectivity index (χ0) is 20.7. The van der Waals surface area contributed by atoms with E-state index in [4.69, 9.17) is 9.47 Å². The lowest BCUT2D eigenvalue weighted by Crippen LogP contribution is -2.37. The van der Waals surface area contributed by atoms with Gasteiger partial charge in [-0.3, -0.25) is 4.79 Å². The minimum absolute atomic E-state index is 0.0122. The van der Waals surface area contributed by atoms with Gasteiger partial charge in [0, 0.05) is 12.5 Å². The number of likely N-dealkylation sites (N-methyl/N-ethyl adjacent to an activating group) is 1. The summed E-state index contributed by atoms with van der Waals surface area (Å²) >= 11 is 0. The molecule has 0 spiro atoms. The lowest BCUT2D eigenvalue weighted by molar-refractivity contribution is -0.124. The maximum Gasteiger partial charge on any atom is 0.223 e. The molecule has 1 N–H and O–H groups in total. The predicted octanol–water partition coefficient (Wildman–Crippen LogP) is 3.44. The van der Waals surface area contributed by atoms with E-state index in [1.807, 2.05) is 44.1 Å². The third-order valence-electron chi connectivity index (χ3n) is 4.79. The molecule has 152 valence electrons. The largest absolute Gasteiger partial charge is 0.493 e. The van der Waals surface area contributed by atoms with Crippen molar-refractivity contribution < 1.29 is 18.7 Å². The van der Waals surface area contributed by atoms with Crippen LogP contribution >= 0.6 is 0 Å². The summed E-state index contributed by atoms with van der Waals surface area (Å²) in [6, 6.07) is 12.0. The quantitative estimate of drug-likeness (QED) is 0.715. The van der Waals surface area contributed by atoms with Crippen LogP contribution in [-0.2, 0) is 11.2 Å². The second-order valence-electron chi connectivity index (χ2n) is 7.07. The van der Waals surface area contributed by atoms with Crippen LogP contribution in [0.25, 0.3) is 0 Å². The summed E-state index contributed by atoms with van der Waals surface area (Å²) in [6.07, 6.45) is 0.565. The standard InChI is InChI=1S/C22H29FN2O3/c1-15(12-16-6-9-18(23)10-7-16)22(26)24-14-19(25(2)3)17-8-11-20(27-4)21(13-17)28-5/h6-11,13,15,19H,12,14H2,1-5H3,(H,24,26). The fourth-order valence-electron chi connectivity index (χ4n) is 3.10. The van der Waals surface area contributed by atoms with Crippen LogP contribution in [0, 0.1) is 11.7 Å². The Morgan fingerprint density at radius 2 is 1.71 bits per heavy atom. The summed E-state index contributed by atoms with van der Waals surface area (Å²) in [6.45, 7) is 2.34. The summed E-state index contributed by atoms with van der Waals surface area (Å²) in [5, 5.41) is 3.03. The van der Waals surface area contributed by atoms with Crippen LogP contribution in [0.5, 0.6) is 11.5 Å². The molecule has 1 amide bonds. The summed E-state index contributed by atoms with van der Waals surface area (Å²) in [4.78, 5) is 14.6. The Bertz CT molecular complexity index is 778. The van der Waals surface area contributed by atoms with E-state index in [0.29, 0.717) is 24.5 Å². The number of carbonyl (C=O) groups excluding carboxylic acids is 1. The monoisotopic (exact) mass is 388 g/mol. The zero-order valence-electron chi connectivity index (χ0n) is 17.2. The number of carbonyl (C=O) groups is 1. The van der Waals surface area contributed by atoms with Gasteiger partial charge in [-0.2, -0.15) is 0 Å². The van der Waals surface area contributed by atoms with Gasteiger partial charge in [0.15, 0.2) is 11.5 Å². The fraction of sp³-hybridized carbons (Fsp3) is 0.409. The highest BCUT2D eigenvalue weighted by Crippen LogP contribution is 2.31. The fourth-order valence-corrected chi connectivity index (χ4v) is 3.10. The van der Waals surface area contributed by atoms with Crippen molar-refractivity contribution in [2.45, 2.75) is 19.4 Å². The molecule has 28 heavy (non-hydrogen) atoms. The molecule has 0 aromatic heterocycles. The van der Waals surface area contributed by atoms with Crippen LogP contribution in [0.2, 0.25) is 0 Å². The van der Waals surface area contributed by atoms with Gasteiger partial charge in [-0.25, -0.2) is 4.39 Å². The number of halogens is 1. The maximum atomic E-state index is 13.0. The van der Waals surface area contributed by atoms with E-state index in [2.05, 4.69) is 5.32 Å². The Labute approximate surface area is 166 Å². The molecule has 0 saturated heterocycles. The Kier molecular flexibility index (Phi) is 7.81. The van der Waals surface area contributed by atoms with Crippen molar-refractivity contribution in [1.82, 2.24) is 10.2 Å². The lowest BCUT2D eigenvalue weighted by atomic mass is 9.99. The number of nitrogens with zero attached hydrogens (tertiary/aromatic N) is 1. The van der Waals surface area contributed by atoms with Gasteiger partial charge in [0.1, 0.15) is 5.82 Å². The van der Waals surface area contributed by atoms with E-state index in [-0.39, 0.29) is 23.7 Å². The Balaban J connectivity index is 2.02. The lowest BCUT2D eigenvalue weighted by Gasteiger charge is -2.26. The Morgan fingerprint density at radius 3 is 2.29 bits per heavy atom. The number of amides is 1. The van der Waals surface area contributed by atoms with Gasteiger partial charge in [-0.15, -0.1) is 0 Å². The zero-order valence-corrected chi connectivity index (χ0v) is 17.2. The van der Waals surface area contributed by atoms with E-state index in [9.17, 15) is 9.18 Å². The molecule has 0 bridgehead atoms. The van der Waals surface area contributed by atoms with Crippen molar-refractivity contribution in [1.29, 1.82) is 0 Å². The average molecular weight is 388 g/mol. The maximum absolute atomic E-state index is 13.0. The van der Waals surface area contributed by atoms with E-state index in [0.717, 1.165) is 11.1 Å². The van der Waals surface area contributed by atoms with E-state index in [1.165, 1.54) is 12.1 Å². The highest BCUT2D eigenvalue weighted by Gasteiger charge is 2.20. The van der Waals surface area contributed by atoms with Gasteiger partial charge in [0.2, 0.25) is 5.91 Å². The number of hydrogen-bond donors (Lipinski definition) is 1. The number of ether oxygens (including phenoxy) is 2. The van der Waals surface area contributed by atoms with Crippen LogP contribution in [-0.4, -0.2) is 45.7 Å². The van der Waals surface area contributed by atoms with Crippen LogP contribution in [0.4, 0.5) is 4.39 Å². The molecule has 0 aliphatic carbocycles. The van der Waals surface area contributed by atoms with Crippen molar-refractivity contribution in [3.63, 3.8) is 0 Å². The average Bonchev–Trinajstić information content (AvgIpc) is 2.69. The predicted molar refractivity (Wildman–Crippen MR) is 108 cm³/mol. The van der Waals surface area contributed by atoms with Crippen molar-refractivity contribution in [3.8, 4) is 11.5 Å². The molecule has 5 nitrogen and oxygen atoms in total. The number of rotatable bonds is 9. The van der Waals surface area contributed by atoms with Crippen LogP contribution in [0.3, 0.4) is 0 Å². The molecule has 0 radical (unpaired) electrons. The van der Waals surface area contributed by atoms with E-state index < -0.39 is 0 Å². The second-order valence-corrected chi connectivity index (χ2v) is 7.07. The first-order chi connectivity index (χ1) is 13.3. The van der Waals surface area contributed by atoms with Gasteiger partial charge in [-0.1, -0.05) is 25.1 Å². The molecular formula is C22H29FN2O3. The Morgan fingerprint density at radius 1 is 1.07 bits per heavy atom. The van der Waals surface area contributed by atoms with Gasteiger partial charge >= 0.3 is 0 Å². The van der Waals surface area contributed by atoms with Gasteiger partial charge < -0.3 is 19.7 Å². The van der Waals surface area contributed by atoms with E-state index in [1.54, 1.807) is 26.4 Å². The topological polar surface area (TPSA) is 50.8 Å². The van der Waals surface area contributed by atoms with Crippen molar-refractivity contribution in [2.24, 2.45) is 5.92 Å². The molecule has 0 heterocycles. The molecule has 2 atom stereocenters. The number of hydrogen-bond acceptors (Lipinski definition) is 4. The van der Waals surface area contributed by atoms with Crippen molar-refractivity contribution in [2.75, 3.05) is 34.9 Å². The molecular weight excluding hydrogens is 359 g/mol. The number of benzene rings is 2. The van der Waals surface area contributed by atoms with Gasteiger partial charge in [-0.05, 0) is 55.9 Å². The third-order valence-corrected chi connectivity index (χ3v) is 4.79. The smallest absolute Gasteiger partial charge is 0.223 e. The molecule has 2 unspecified atom stereocenters. The molecule has 0 fully saturated rings. The Hall–Kier alpha value is -2.60. The molecule has 2 aromatic carbocycles. The number of methoxy groups -OCH3 is 2. The first kappa shape index (κ1) is 21.7. The molecule has 0 aliphatic heterocycles. The molecule has 2 aromatic rings. The number of nitrogens with one attached hydrogen (secondary N) is 1. The summed E-state index contributed by atoms with van der Waals surface area (Å²) in [7, 11) is 7.14. The van der Waals surface area contributed by atoms with Crippen LogP contribution in [0.15, 0.2) is 42.5 Å². The van der Waals surface area contributed by atoms with E-state index >= 15 is 0 Å². The molecule has 6 heteroatoms. The summed E-state index contributed by atoms with van der Waals surface area (Å²) < 4.78 is 23.7. The second kappa shape index (κ2) is 10.1. The SMILES string of the molecule is COc1ccc(C(CNC(=O)C(C)Cc2ccc(F)cc2)N(C)C)cc1OC. The summed E-state index contributed by atoms with van der Waals surface area (Å²) in [5.41, 5.74) is 1.96. The van der Waals surface area contributed by atoms with Crippen LogP contribution < -0.4 is 14.8 Å². The minimum atomic E-state index is -0.274. The molecule has 2 rings (SSSR count). The van der Waals surface area contributed by atoms with Crippen molar-refractivity contribution in [3.05, 3.63) is 59.4 Å². The minimum Gasteiger partial charge on any atom is -0.493 e. The highest BCUT2D eigenvalue weighted by atomic mass is 19.1. The molecule has 0 aliphatic rings.